The van der Waals surface area contributed by atoms with Crippen molar-refractivity contribution in [3.05, 3.63) is 70.2 Å². The lowest BCUT2D eigenvalue weighted by Gasteiger charge is -2.05. The van der Waals surface area contributed by atoms with Crippen LogP contribution >= 0.6 is 0 Å². The van der Waals surface area contributed by atoms with Crippen LogP contribution in [0.1, 0.15) is 21.5 Å². The Morgan fingerprint density at radius 3 is 2.20 bits per heavy atom. The fourth-order valence-corrected chi connectivity index (χ4v) is 1.64. The molecule has 0 aliphatic heterocycles. The van der Waals surface area contributed by atoms with E-state index in [4.69, 9.17) is 15.2 Å². The predicted molar refractivity (Wildman–Crippen MR) is 72.7 cm³/mol. The summed E-state index contributed by atoms with van der Waals surface area (Å²) in [7, 11) is 0. The molecule has 1 N–H and O–H groups in total. The first-order valence-corrected chi connectivity index (χ1v) is 6.04. The highest BCUT2D eigenvalue weighted by molar-refractivity contribution is 5.89. The second kappa shape index (κ2) is 6.45. The Hall–Kier alpha value is -2.71. The highest BCUT2D eigenvalue weighted by Gasteiger charge is 2.08. The van der Waals surface area contributed by atoms with Crippen LogP contribution in [0, 0.1) is 5.39 Å². The number of carbonyl (C=O) groups is 1. The number of ether oxygens (including phenoxy) is 1. The molecule has 2 rings (SSSR count). The Bertz CT molecular complexity index is 628. The Morgan fingerprint density at radius 1 is 1.05 bits per heavy atom. The standard InChI is InChI=1S/C15H13N2O3/c16-17-14-7-3-12(4-8-14)10-20-15(19)13-5-1-11(9-18)2-6-13/h1-8,18H,9-10H2/q+1. The van der Waals surface area contributed by atoms with Crippen molar-refractivity contribution in [3.63, 3.8) is 0 Å². The molecule has 5 heteroatoms. The van der Waals surface area contributed by atoms with Crippen molar-refractivity contribution in [2.45, 2.75) is 13.2 Å². The second-order valence-corrected chi connectivity index (χ2v) is 4.20. The first kappa shape index (κ1) is 13.7. The number of esters is 1. The molecule has 5 nitrogen and oxygen atoms in total. The minimum absolute atomic E-state index is 0.0579. The Labute approximate surface area is 116 Å². The normalized spacial score (nSPS) is 9.80. The van der Waals surface area contributed by atoms with Crippen molar-refractivity contribution in [3.8, 4) is 0 Å². The molecule has 0 amide bonds. The van der Waals surface area contributed by atoms with Crippen molar-refractivity contribution < 1.29 is 14.6 Å². The maximum absolute atomic E-state index is 11.8. The maximum atomic E-state index is 11.8. The van der Waals surface area contributed by atoms with Gasteiger partial charge in [-0.25, -0.2) is 4.79 Å². The molecule has 0 saturated carbocycles. The summed E-state index contributed by atoms with van der Waals surface area (Å²) in [6.45, 7) is 0.0872. The zero-order valence-electron chi connectivity index (χ0n) is 10.7. The van der Waals surface area contributed by atoms with Crippen LogP contribution in [0.15, 0.2) is 48.5 Å². The summed E-state index contributed by atoms with van der Waals surface area (Å²) >= 11 is 0. The summed E-state index contributed by atoms with van der Waals surface area (Å²) in [4.78, 5) is 14.8. The van der Waals surface area contributed by atoms with Crippen molar-refractivity contribution in [2.24, 2.45) is 0 Å². The van der Waals surface area contributed by atoms with Gasteiger partial charge in [-0.3, -0.25) is 0 Å². The minimum atomic E-state index is -0.426. The van der Waals surface area contributed by atoms with E-state index in [1.807, 2.05) is 0 Å². The van der Waals surface area contributed by atoms with Crippen LogP contribution < -0.4 is 0 Å². The van der Waals surface area contributed by atoms with E-state index in [1.54, 1.807) is 48.5 Å². The van der Waals surface area contributed by atoms with Gasteiger partial charge in [0.25, 0.3) is 0 Å². The van der Waals surface area contributed by atoms with Gasteiger partial charge in [-0.2, -0.15) is 0 Å². The molecule has 0 spiro atoms. The molecule has 0 fully saturated rings. The second-order valence-electron chi connectivity index (χ2n) is 4.20. The number of nitrogens with zero attached hydrogens (tertiary/aromatic N) is 2. The van der Waals surface area contributed by atoms with E-state index in [0.29, 0.717) is 11.3 Å². The monoisotopic (exact) mass is 269 g/mol. The van der Waals surface area contributed by atoms with Gasteiger partial charge in [0.2, 0.25) is 5.39 Å². The molecule has 0 aromatic heterocycles. The number of diazo groups is 1. The molecule has 0 bridgehead atoms. The van der Waals surface area contributed by atoms with Gasteiger partial charge in [0.15, 0.2) is 4.98 Å². The van der Waals surface area contributed by atoms with E-state index in [1.165, 1.54) is 0 Å². The molecule has 0 aliphatic carbocycles. The van der Waals surface area contributed by atoms with Crippen molar-refractivity contribution in [2.75, 3.05) is 0 Å². The lowest BCUT2D eigenvalue weighted by Crippen LogP contribution is -2.05. The van der Waals surface area contributed by atoms with Gasteiger partial charge in [0, 0.05) is 12.1 Å². The molecule has 0 unspecified atom stereocenters. The number of aliphatic hydroxyl groups excluding tert-OH is 1. The first-order chi connectivity index (χ1) is 9.72. The van der Waals surface area contributed by atoms with Crippen LogP contribution in [0.4, 0.5) is 5.69 Å². The Morgan fingerprint density at radius 2 is 1.65 bits per heavy atom. The molecule has 100 valence electrons. The number of carbonyl (C=O) groups excluding carboxylic acids is 1. The van der Waals surface area contributed by atoms with E-state index < -0.39 is 5.97 Å². The number of hydrogen-bond donors (Lipinski definition) is 1. The lowest BCUT2D eigenvalue weighted by molar-refractivity contribution is 0.0472. The molecule has 0 atom stereocenters. The third-order valence-corrected chi connectivity index (χ3v) is 2.79. The number of benzene rings is 2. The van der Waals surface area contributed by atoms with Crippen LogP contribution in [-0.2, 0) is 18.0 Å². The van der Waals surface area contributed by atoms with Crippen LogP contribution in [0.3, 0.4) is 0 Å². The molecule has 0 saturated heterocycles. The third-order valence-electron chi connectivity index (χ3n) is 2.79. The first-order valence-electron chi connectivity index (χ1n) is 6.04. The topological polar surface area (TPSA) is 74.7 Å². The molecule has 2 aromatic carbocycles. The fourth-order valence-electron chi connectivity index (χ4n) is 1.64. The van der Waals surface area contributed by atoms with Crippen LogP contribution in [0.2, 0.25) is 0 Å². The van der Waals surface area contributed by atoms with Crippen LogP contribution in [0.25, 0.3) is 4.98 Å². The zero-order chi connectivity index (χ0) is 14.4. The number of hydrogen-bond acceptors (Lipinski definition) is 4. The highest BCUT2D eigenvalue weighted by atomic mass is 16.5. The average Bonchev–Trinajstić information content (AvgIpc) is 2.53. The molecule has 0 radical (unpaired) electrons. The van der Waals surface area contributed by atoms with Gasteiger partial charge in [-0.1, -0.05) is 12.1 Å². The highest BCUT2D eigenvalue weighted by Crippen LogP contribution is 2.14. The number of aliphatic hydroxyl groups is 1. The summed E-state index contributed by atoms with van der Waals surface area (Å²) in [5.74, 6) is -0.426. The van der Waals surface area contributed by atoms with E-state index >= 15 is 0 Å². The lowest BCUT2D eigenvalue weighted by atomic mass is 10.1. The summed E-state index contributed by atoms with van der Waals surface area (Å²) in [6.07, 6.45) is 0. The summed E-state index contributed by atoms with van der Waals surface area (Å²) < 4.78 is 5.17. The average molecular weight is 269 g/mol. The van der Waals surface area contributed by atoms with E-state index in [0.717, 1.165) is 11.1 Å². The summed E-state index contributed by atoms with van der Waals surface area (Å²) in [6, 6.07) is 13.3. The molecular formula is C15H13N2O3+. The maximum Gasteiger partial charge on any atom is 0.385 e. The van der Waals surface area contributed by atoms with Crippen molar-refractivity contribution in [1.29, 1.82) is 5.39 Å². The van der Waals surface area contributed by atoms with Crippen molar-refractivity contribution in [1.82, 2.24) is 0 Å². The van der Waals surface area contributed by atoms with Gasteiger partial charge in [-0.15, -0.1) is 0 Å². The predicted octanol–water partition coefficient (Wildman–Crippen LogP) is 3.02. The van der Waals surface area contributed by atoms with Crippen molar-refractivity contribution >= 4 is 11.7 Å². The largest absolute Gasteiger partial charge is 0.457 e. The fraction of sp³-hybridized carbons (Fsp3) is 0.133. The Balaban J connectivity index is 1.95. The summed E-state index contributed by atoms with van der Waals surface area (Å²) in [5, 5.41) is 17.5. The van der Waals surface area contributed by atoms with E-state index in [9.17, 15) is 4.79 Å². The van der Waals surface area contributed by atoms with Crippen LogP contribution in [-0.4, -0.2) is 11.1 Å². The molecular weight excluding hydrogens is 256 g/mol. The minimum Gasteiger partial charge on any atom is -0.457 e. The molecule has 0 heterocycles. The van der Waals surface area contributed by atoms with Gasteiger partial charge < -0.3 is 9.84 Å². The Kier molecular flexibility index (Phi) is 4.43. The van der Waals surface area contributed by atoms with E-state index in [-0.39, 0.29) is 13.2 Å². The van der Waals surface area contributed by atoms with Gasteiger partial charge >= 0.3 is 11.7 Å². The molecule has 0 aliphatic rings. The van der Waals surface area contributed by atoms with Gasteiger partial charge in [-0.05, 0) is 35.4 Å². The molecule has 20 heavy (non-hydrogen) atoms. The SMILES string of the molecule is N#[N+]c1ccc(COC(=O)c2ccc(CO)cc2)cc1. The van der Waals surface area contributed by atoms with Crippen LogP contribution in [0.5, 0.6) is 0 Å². The smallest absolute Gasteiger partial charge is 0.385 e. The third kappa shape index (κ3) is 3.40. The zero-order valence-corrected chi connectivity index (χ0v) is 10.7. The quantitative estimate of drug-likeness (QED) is 0.683. The number of rotatable bonds is 4. The molecule has 2 aromatic rings. The van der Waals surface area contributed by atoms with Gasteiger partial charge in [0.05, 0.1) is 12.2 Å². The summed E-state index contributed by atoms with van der Waals surface area (Å²) in [5.41, 5.74) is 2.42. The van der Waals surface area contributed by atoms with Gasteiger partial charge in [0.1, 0.15) is 6.61 Å². The van der Waals surface area contributed by atoms with E-state index in [2.05, 4.69) is 4.98 Å².